The van der Waals surface area contributed by atoms with Crippen molar-refractivity contribution in [3.8, 4) is 0 Å². The number of hydrazone groups is 1. The van der Waals surface area contributed by atoms with Crippen molar-refractivity contribution in [1.29, 1.82) is 0 Å². The van der Waals surface area contributed by atoms with Gasteiger partial charge in [-0.1, -0.05) is 12.2 Å². The zero-order valence-corrected chi connectivity index (χ0v) is 8.70. The Morgan fingerprint density at radius 3 is 2.85 bits per heavy atom. The first-order valence-corrected chi connectivity index (χ1v) is 5.09. The van der Waals surface area contributed by atoms with Gasteiger partial charge >= 0.3 is 0 Å². The molecule has 13 heavy (non-hydrogen) atoms. The summed E-state index contributed by atoms with van der Waals surface area (Å²) >= 11 is 0. The Kier molecular flexibility index (Phi) is 1.94. The predicted molar refractivity (Wildman–Crippen MR) is 55.7 cm³/mol. The molecule has 2 atom stereocenters. The summed E-state index contributed by atoms with van der Waals surface area (Å²) in [5.74, 6) is 0.563. The number of hydrogen-bond acceptors (Lipinski definition) is 2. The number of rotatable bonds is 0. The summed E-state index contributed by atoms with van der Waals surface area (Å²) < 4.78 is 0. The Hall–Kier alpha value is -0.790. The molecule has 0 saturated carbocycles. The van der Waals surface area contributed by atoms with Gasteiger partial charge in [-0.3, -0.25) is 5.01 Å². The van der Waals surface area contributed by atoms with Crippen molar-refractivity contribution in [2.75, 3.05) is 0 Å². The summed E-state index contributed by atoms with van der Waals surface area (Å²) in [6.45, 7) is 6.68. The van der Waals surface area contributed by atoms with E-state index in [1.807, 2.05) is 0 Å². The Bertz CT molecular complexity index is 247. The lowest BCUT2D eigenvalue weighted by molar-refractivity contribution is 0.0867. The van der Waals surface area contributed by atoms with Crippen LogP contribution in [0.1, 0.15) is 33.6 Å². The van der Waals surface area contributed by atoms with E-state index in [-0.39, 0.29) is 5.54 Å². The summed E-state index contributed by atoms with van der Waals surface area (Å²) in [4.78, 5) is 0. The maximum atomic E-state index is 4.51. The van der Waals surface area contributed by atoms with Crippen LogP contribution >= 0.6 is 0 Å². The second-order valence-electron chi connectivity index (χ2n) is 4.93. The monoisotopic (exact) mass is 178 g/mol. The topological polar surface area (TPSA) is 15.6 Å². The van der Waals surface area contributed by atoms with E-state index < -0.39 is 0 Å². The highest BCUT2D eigenvalue weighted by Crippen LogP contribution is 2.32. The highest BCUT2D eigenvalue weighted by atomic mass is 15.5. The van der Waals surface area contributed by atoms with Crippen LogP contribution in [0, 0.1) is 5.92 Å². The molecule has 1 aliphatic carbocycles. The fourth-order valence-electron chi connectivity index (χ4n) is 2.18. The maximum absolute atomic E-state index is 4.51. The number of nitrogens with zero attached hydrogens (tertiary/aromatic N) is 2. The molecular formula is C11H18N2. The van der Waals surface area contributed by atoms with Crippen LogP contribution in [0.3, 0.4) is 0 Å². The SMILES string of the molecule is CC(C)(C)N1N=C[C@@H]2C=CCC[C@@H]21. The van der Waals surface area contributed by atoms with E-state index in [2.05, 4.69) is 49.2 Å². The molecule has 2 aliphatic rings. The van der Waals surface area contributed by atoms with Gasteiger partial charge in [0.2, 0.25) is 0 Å². The van der Waals surface area contributed by atoms with E-state index in [4.69, 9.17) is 0 Å². The van der Waals surface area contributed by atoms with Gasteiger partial charge in [0, 0.05) is 17.7 Å². The Morgan fingerprint density at radius 1 is 1.38 bits per heavy atom. The van der Waals surface area contributed by atoms with Crippen molar-refractivity contribution >= 4 is 6.21 Å². The number of allylic oxidation sites excluding steroid dienone is 1. The van der Waals surface area contributed by atoms with E-state index in [0.717, 1.165) is 0 Å². The molecule has 0 amide bonds. The van der Waals surface area contributed by atoms with Gasteiger partial charge in [-0.25, -0.2) is 0 Å². The van der Waals surface area contributed by atoms with Gasteiger partial charge in [0.05, 0.1) is 6.04 Å². The fraction of sp³-hybridized carbons (Fsp3) is 0.727. The minimum atomic E-state index is 0.168. The lowest BCUT2D eigenvalue weighted by Gasteiger charge is -2.38. The molecule has 72 valence electrons. The Balaban J connectivity index is 2.18. The highest BCUT2D eigenvalue weighted by Gasteiger charge is 2.36. The van der Waals surface area contributed by atoms with Crippen LogP contribution in [0.15, 0.2) is 17.3 Å². The van der Waals surface area contributed by atoms with Crippen molar-refractivity contribution in [3.05, 3.63) is 12.2 Å². The minimum Gasteiger partial charge on any atom is -0.288 e. The molecule has 0 fully saturated rings. The second-order valence-corrected chi connectivity index (χ2v) is 4.93. The van der Waals surface area contributed by atoms with Crippen molar-refractivity contribution in [2.45, 2.75) is 45.2 Å². The molecule has 0 radical (unpaired) electrons. The fourth-order valence-corrected chi connectivity index (χ4v) is 2.18. The largest absolute Gasteiger partial charge is 0.288 e. The van der Waals surface area contributed by atoms with Crippen molar-refractivity contribution in [2.24, 2.45) is 11.0 Å². The molecular weight excluding hydrogens is 160 g/mol. The number of hydrogen-bond donors (Lipinski definition) is 0. The average Bonchev–Trinajstić information content (AvgIpc) is 2.45. The lowest BCUT2D eigenvalue weighted by atomic mass is 9.90. The van der Waals surface area contributed by atoms with E-state index in [0.29, 0.717) is 12.0 Å². The van der Waals surface area contributed by atoms with Crippen molar-refractivity contribution in [1.82, 2.24) is 5.01 Å². The Labute approximate surface area is 80.3 Å². The molecule has 2 nitrogen and oxygen atoms in total. The molecule has 0 saturated heterocycles. The highest BCUT2D eigenvalue weighted by molar-refractivity contribution is 5.66. The third-order valence-electron chi connectivity index (χ3n) is 2.80. The molecule has 0 aromatic rings. The molecule has 0 unspecified atom stereocenters. The lowest BCUT2D eigenvalue weighted by Crippen LogP contribution is -2.44. The van der Waals surface area contributed by atoms with Gasteiger partial charge < -0.3 is 0 Å². The molecule has 0 N–H and O–H groups in total. The molecule has 0 aromatic heterocycles. The van der Waals surface area contributed by atoms with Crippen LogP contribution in [-0.4, -0.2) is 22.8 Å². The van der Waals surface area contributed by atoms with E-state index >= 15 is 0 Å². The first-order chi connectivity index (χ1) is 6.09. The van der Waals surface area contributed by atoms with Gasteiger partial charge in [-0.2, -0.15) is 5.10 Å². The van der Waals surface area contributed by atoms with E-state index in [9.17, 15) is 0 Å². The van der Waals surface area contributed by atoms with Crippen LogP contribution in [-0.2, 0) is 0 Å². The van der Waals surface area contributed by atoms with Gasteiger partial charge in [0.15, 0.2) is 0 Å². The normalized spacial score (nSPS) is 32.4. The van der Waals surface area contributed by atoms with Gasteiger partial charge in [0.1, 0.15) is 0 Å². The first-order valence-electron chi connectivity index (χ1n) is 5.09. The summed E-state index contributed by atoms with van der Waals surface area (Å²) in [5.41, 5.74) is 0.168. The first kappa shape index (κ1) is 8.79. The summed E-state index contributed by atoms with van der Waals surface area (Å²) in [5, 5.41) is 6.77. The third kappa shape index (κ3) is 1.50. The minimum absolute atomic E-state index is 0.168. The van der Waals surface area contributed by atoms with Crippen LogP contribution in [0.25, 0.3) is 0 Å². The molecule has 2 rings (SSSR count). The zero-order valence-electron chi connectivity index (χ0n) is 8.70. The summed E-state index contributed by atoms with van der Waals surface area (Å²) in [7, 11) is 0. The quantitative estimate of drug-likeness (QED) is 0.520. The van der Waals surface area contributed by atoms with E-state index in [1.165, 1.54) is 12.8 Å². The van der Waals surface area contributed by atoms with Gasteiger partial charge in [-0.15, -0.1) is 0 Å². The van der Waals surface area contributed by atoms with Crippen LogP contribution in [0.2, 0.25) is 0 Å². The third-order valence-corrected chi connectivity index (χ3v) is 2.80. The van der Waals surface area contributed by atoms with Gasteiger partial charge in [-0.05, 0) is 33.6 Å². The van der Waals surface area contributed by atoms with Crippen LogP contribution in [0.5, 0.6) is 0 Å². The molecule has 1 aliphatic heterocycles. The molecule has 0 spiro atoms. The average molecular weight is 178 g/mol. The van der Waals surface area contributed by atoms with Crippen molar-refractivity contribution < 1.29 is 0 Å². The standard InChI is InChI=1S/C11H18N2/c1-11(2,3)13-10-7-5-4-6-9(10)8-12-13/h4,6,8-10H,5,7H2,1-3H3/t9-,10-/m0/s1. The van der Waals surface area contributed by atoms with Crippen LogP contribution in [0.4, 0.5) is 0 Å². The van der Waals surface area contributed by atoms with Crippen LogP contribution < -0.4 is 0 Å². The van der Waals surface area contributed by atoms with Crippen molar-refractivity contribution in [3.63, 3.8) is 0 Å². The number of fused-ring (bicyclic) bond motifs is 1. The second kappa shape index (κ2) is 2.86. The summed E-state index contributed by atoms with van der Waals surface area (Å²) in [6, 6.07) is 0.616. The van der Waals surface area contributed by atoms with E-state index in [1.54, 1.807) is 0 Å². The Morgan fingerprint density at radius 2 is 2.15 bits per heavy atom. The molecule has 0 bridgehead atoms. The molecule has 1 heterocycles. The smallest absolute Gasteiger partial charge is 0.0592 e. The molecule has 0 aromatic carbocycles. The maximum Gasteiger partial charge on any atom is 0.0592 e. The zero-order chi connectivity index (χ0) is 9.47. The molecule has 2 heteroatoms. The predicted octanol–water partition coefficient (Wildman–Crippen LogP) is 2.42. The summed E-state index contributed by atoms with van der Waals surface area (Å²) in [6.07, 6.45) is 9.11. The van der Waals surface area contributed by atoms with Gasteiger partial charge in [0.25, 0.3) is 0 Å².